The number of nitrogens with zero attached hydrogens (tertiary/aromatic N) is 3. The Morgan fingerprint density at radius 2 is 2.00 bits per heavy atom. The fourth-order valence-corrected chi connectivity index (χ4v) is 4.62. The number of carbonyl (C=O) groups is 1. The Kier molecular flexibility index (Phi) is 7.02. The first-order valence-corrected chi connectivity index (χ1v) is 10.9. The molecule has 1 aromatic carbocycles. The van der Waals surface area contributed by atoms with E-state index in [1.165, 1.54) is 5.69 Å². The zero-order valence-electron chi connectivity index (χ0n) is 17.8. The molecule has 2 aliphatic heterocycles. The molecule has 0 aliphatic carbocycles. The van der Waals surface area contributed by atoms with Crippen molar-refractivity contribution in [1.82, 2.24) is 15.4 Å². The van der Waals surface area contributed by atoms with E-state index in [0.29, 0.717) is 30.8 Å². The molecule has 0 spiro atoms. The highest BCUT2D eigenvalue weighted by Gasteiger charge is 2.30. The highest BCUT2D eigenvalue weighted by Crippen LogP contribution is 2.27. The number of hydrogen-bond donors (Lipinski definition) is 1. The molecule has 2 aliphatic rings. The van der Waals surface area contributed by atoms with Gasteiger partial charge in [0.2, 0.25) is 5.91 Å². The third-order valence-electron chi connectivity index (χ3n) is 6.32. The largest absolute Gasteiger partial charge is 0.377 e. The van der Waals surface area contributed by atoms with Crippen LogP contribution in [0.2, 0.25) is 0 Å². The van der Waals surface area contributed by atoms with Crippen LogP contribution in [0.4, 0.5) is 5.69 Å². The maximum Gasteiger partial charge on any atom is 0.222 e. The molecule has 1 N–H and O–H groups in total. The average Bonchev–Trinajstić information content (AvgIpc) is 3.23. The van der Waals surface area contributed by atoms with Crippen molar-refractivity contribution in [3.05, 3.63) is 47.9 Å². The van der Waals surface area contributed by atoms with Crippen molar-refractivity contribution >= 4 is 11.6 Å². The van der Waals surface area contributed by atoms with Crippen LogP contribution in [0.1, 0.15) is 24.3 Å². The average molecular weight is 413 g/mol. The summed E-state index contributed by atoms with van der Waals surface area (Å²) in [5.74, 6) is 1.82. The number of piperazine rings is 1. The summed E-state index contributed by atoms with van der Waals surface area (Å²) < 4.78 is 10.4. The van der Waals surface area contributed by atoms with Gasteiger partial charge >= 0.3 is 0 Å². The lowest BCUT2D eigenvalue weighted by atomic mass is 9.81. The summed E-state index contributed by atoms with van der Waals surface area (Å²) in [6.07, 6.45) is 2.49. The summed E-state index contributed by atoms with van der Waals surface area (Å²) in [4.78, 5) is 17.4. The topological polar surface area (TPSA) is 70.8 Å². The molecule has 1 aromatic heterocycles. The SMILES string of the molecule is COCc1cc(CC2CNCCC2CC(=O)N2CCN(c3ccccc3)CC2)no1. The first-order valence-electron chi connectivity index (χ1n) is 10.9. The minimum absolute atomic E-state index is 0.292. The second kappa shape index (κ2) is 10.1. The Morgan fingerprint density at radius 3 is 2.77 bits per heavy atom. The summed E-state index contributed by atoms with van der Waals surface area (Å²) in [6, 6.07) is 12.4. The summed E-state index contributed by atoms with van der Waals surface area (Å²) in [5, 5.41) is 7.66. The minimum Gasteiger partial charge on any atom is -0.377 e. The van der Waals surface area contributed by atoms with E-state index in [1.54, 1.807) is 7.11 Å². The summed E-state index contributed by atoms with van der Waals surface area (Å²) >= 11 is 0. The van der Waals surface area contributed by atoms with Gasteiger partial charge in [0.25, 0.3) is 0 Å². The number of piperidine rings is 1. The number of methoxy groups -OCH3 is 1. The number of carbonyl (C=O) groups excluding carboxylic acids is 1. The van der Waals surface area contributed by atoms with Gasteiger partial charge in [-0.2, -0.15) is 0 Å². The highest BCUT2D eigenvalue weighted by atomic mass is 16.5. The van der Waals surface area contributed by atoms with E-state index in [-0.39, 0.29) is 0 Å². The summed E-state index contributed by atoms with van der Waals surface area (Å²) in [5.41, 5.74) is 2.19. The number of aromatic nitrogens is 1. The number of amides is 1. The summed E-state index contributed by atoms with van der Waals surface area (Å²) in [6.45, 7) is 5.72. The molecule has 7 heteroatoms. The van der Waals surface area contributed by atoms with Gasteiger partial charge in [-0.25, -0.2) is 0 Å². The number of ether oxygens (including phenoxy) is 1. The molecule has 2 saturated heterocycles. The van der Waals surface area contributed by atoms with E-state index >= 15 is 0 Å². The van der Waals surface area contributed by atoms with Crippen LogP contribution >= 0.6 is 0 Å². The Morgan fingerprint density at radius 1 is 1.20 bits per heavy atom. The quantitative estimate of drug-likeness (QED) is 0.753. The number of anilines is 1. The van der Waals surface area contributed by atoms with E-state index in [9.17, 15) is 4.79 Å². The molecule has 2 fully saturated rings. The maximum atomic E-state index is 13.0. The van der Waals surface area contributed by atoms with Crippen molar-refractivity contribution < 1.29 is 14.1 Å². The van der Waals surface area contributed by atoms with Crippen LogP contribution in [0.25, 0.3) is 0 Å². The first kappa shape index (κ1) is 20.9. The van der Waals surface area contributed by atoms with Crippen molar-refractivity contribution in [3.63, 3.8) is 0 Å². The van der Waals surface area contributed by atoms with Crippen LogP contribution in [0.5, 0.6) is 0 Å². The van der Waals surface area contributed by atoms with Gasteiger partial charge in [0.05, 0.1) is 5.69 Å². The highest BCUT2D eigenvalue weighted by molar-refractivity contribution is 5.77. The monoisotopic (exact) mass is 412 g/mol. The van der Waals surface area contributed by atoms with Gasteiger partial charge in [0, 0.05) is 51.5 Å². The molecule has 4 rings (SSSR count). The predicted molar refractivity (Wildman–Crippen MR) is 115 cm³/mol. The van der Waals surface area contributed by atoms with Crippen molar-refractivity contribution in [1.29, 1.82) is 0 Å². The molecule has 1 amide bonds. The molecule has 30 heavy (non-hydrogen) atoms. The van der Waals surface area contributed by atoms with E-state index in [2.05, 4.69) is 39.6 Å². The first-order chi connectivity index (χ1) is 14.7. The standard InChI is InChI=1S/C23H32N4O3/c1-29-17-22-15-20(25-30-22)13-19-16-24-8-7-18(19)14-23(28)27-11-9-26(10-12-27)21-5-3-2-4-6-21/h2-6,15,18-19,24H,7-14,16-17H2,1H3. The van der Waals surface area contributed by atoms with Gasteiger partial charge in [-0.1, -0.05) is 23.4 Å². The van der Waals surface area contributed by atoms with Crippen LogP contribution in [-0.2, 0) is 22.6 Å². The zero-order chi connectivity index (χ0) is 20.8. The lowest BCUT2D eigenvalue weighted by Crippen LogP contribution is -2.50. The van der Waals surface area contributed by atoms with Gasteiger partial charge in [-0.15, -0.1) is 0 Å². The molecule has 3 heterocycles. The minimum atomic E-state index is 0.292. The van der Waals surface area contributed by atoms with E-state index in [4.69, 9.17) is 9.26 Å². The Hall–Kier alpha value is -2.38. The molecular weight excluding hydrogens is 380 g/mol. The Balaban J connectivity index is 1.30. The number of hydrogen-bond acceptors (Lipinski definition) is 6. The van der Waals surface area contributed by atoms with Crippen LogP contribution < -0.4 is 10.2 Å². The second-order valence-electron chi connectivity index (χ2n) is 8.34. The van der Waals surface area contributed by atoms with Crippen molar-refractivity contribution in [2.75, 3.05) is 51.3 Å². The Bertz CT molecular complexity index is 802. The van der Waals surface area contributed by atoms with Crippen LogP contribution in [-0.4, -0.2) is 62.3 Å². The smallest absolute Gasteiger partial charge is 0.222 e. The molecule has 2 atom stereocenters. The lowest BCUT2D eigenvalue weighted by Gasteiger charge is -2.38. The van der Waals surface area contributed by atoms with Gasteiger partial charge in [0.15, 0.2) is 5.76 Å². The molecule has 0 radical (unpaired) electrons. The fourth-order valence-electron chi connectivity index (χ4n) is 4.62. The van der Waals surface area contributed by atoms with Crippen LogP contribution in [0, 0.1) is 11.8 Å². The lowest BCUT2D eigenvalue weighted by molar-refractivity contribution is -0.133. The third-order valence-corrected chi connectivity index (χ3v) is 6.32. The third kappa shape index (κ3) is 5.21. The van der Waals surface area contributed by atoms with E-state index in [0.717, 1.165) is 63.6 Å². The van der Waals surface area contributed by atoms with Crippen molar-refractivity contribution in [2.45, 2.75) is 25.9 Å². The number of benzene rings is 1. The molecule has 162 valence electrons. The van der Waals surface area contributed by atoms with Crippen molar-refractivity contribution in [2.24, 2.45) is 11.8 Å². The van der Waals surface area contributed by atoms with Crippen LogP contribution in [0.15, 0.2) is 40.9 Å². The van der Waals surface area contributed by atoms with Gasteiger partial charge in [0.1, 0.15) is 6.61 Å². The normalized spacial score (nSPS) is 22.3. The molecule has 0 bridgehead atoms. The van der Waals surface area contributed by atoms with E-state index < -0.39 is 0 Å². The number of rotatable bonds is 7. The van der Waals surface area contributed by atoms with Crippen molar-refractivity contribution in [3.8, 4) is 0 Å². The zero-order valence-corrected chi connectivity index (χ0v) is 17.8. The van der Waals surface area contributed by atoms with Gasteiger partial charge in [-0.05, 0) is 49.9 Å². The predicted octanol–water partition coefficient (Wildman–Crippen LogP) is 2.33. The second-order valence-corrected chi connectivity index (χ2v) is 8.34. The molecule has 2 aromatic rings. The molecular formula is C23H32N4O3. The number of para-hydroxylation sites is 1. The number of nitrogens with one attached hydrogen (secondary N) is 1. The molecule has 0 saturated carbocycles. The van der Waals surface area contributed by atoms with Crippen LogP contribution in [0.3, 0.4) is 0 Å². The van der Waals surface area contributed by atoms with E-state index in [1.807, 2.05) is 17.0 Å². The fraction of sp³-hybridized carbons (Fsp3) is 0.565. The van der Waals surface area contributed by atoms with Gasteiger partial charge in [-0.3, -0.25) is 4.79 Å². The maximum absolute atomic E-state index is 13.0. The Labute approximate surface area is 178 Å². The molecule has 2 unspecified atom stereocenters. The van der Waals surface area contributed by atoms with Gasteiger partial charge < -0.3 is 24.4 Å². The summed E-state index contributed by atoms with van der Waals surface area (Å²) in [7, 11) is 1.65. The molecule has 7 nitrogen and oxygen atoms in total.